The fraction of sp³-hybridized carbons (Fsp3) is 0.176. The number of thiophene rings is 1. The number of carbonyl (C=O) groups is 2. The summed E-state index contributed by atoms with van der Waals surface area (Å²) in [5.41, 5.74) is 0. The number of rotatable bonds is 7. The molecule has 0 aliphatic heterocycles. The van der Waals surface area contributed by atoms with E-state index in [1.165, 1.54) is 41.7 Å². The molecule has 1 aromatic heterocycles. The minimum Gasteiger partial charge on any atom is -0.346 e. The third kappa shape index (κ3) is 4.94. The second-order valence-corrected chi connectivity index (χ2v) is 8.76. The molecule has 1 unspecified atom stereocenters. The lowest BCUT2D eigenvalue weighted by atomic mass is 10.3. The van der Waals surface area contributed by atoms with Crippen molar-refractivity contribution in [1.82, 2.24) is 10.6 Å². The first-order valence-electron chi connectivity index (χ1n) is 7.56. The van der Waals surface area contributed by atoms with Crippen molar-refractivity contribution < 1.29 is 18.0 Å². The Labute approximate surface area is 160 Å². The Balaban J connectivity index is 2.22. The van der Waals surface area contributed by atoms with Crippen molar-refractivity contribution in [3.8, 4) is 0 Å². The molecular formula is C17H17ClN2O4S2. The van der Waals surface area contributed by atoms with Gasteiger partial charge in [0, 0.05) is 23.0 Å². The molecule has 0 spiro atoms. The Morgan fingerprint density at radius 3 is 2.38 bits per heavy atom. The van der Waals surface area contributed by atoms with Gasteiger partial charge < -0.3 is 10.6 Å². The summed E-state index contributed by atoms with van der Waals surface area (Å²) < 4.78 is 26.0. The molecule has 0 aliphatic carbocycles. The maximum Gasteiger partial charge on any atom is 0.309 e. The molecule has 2 N–H and O–H groups in total. The van der Waals surface area contributed by atoms with Crippen LogP contribution in [0.25, 0.3) is 0 Å². The van der Waals surface area contributed by atoms with Gasteiger partial charge in [-0.2, -0.15) is 0 Å². The van der Waals surface area contributed by atoms with Crippen LogP contribution >= 0.6 is 22.9 Å². The summed E-state index contributed by atoms with van der Waals surface area (Å²) >= 11 is 7.08. The first-order valence-corrected chi connectivity index (χ1v) is 10.4. The Bertz CT molecular complexity index is 878. The average Bonchev–Trinajstić information content (AvgIpc) is 3.14. The molecule has 0 saturated heterocycles. The number of sulfone groups is 1. The molecule has 0 bridgehead atoms. The van der Waals surface area contributed by atoms with Crippen molar-refractivity contribution in [1.29, 1.82) is 0 Å². The van der Waals surface area contributed by atoms with Crippen LogP contribution in [0, 0.1) is 0 Å². The topological polar surface area (TPSA) is 92.3 Å². The molecule has 2 aromatic rings. The van der Waals surface area contributed by atoms with E-state index in [4.69, 9.17) is 11.6 Å². The molecular weight excluding hydrogens is 396 g/mol. The lowest BCUT2D eigenvalue weighted by Crippen LogP contribution is -2.42. The third-order valence-electron chi connectivity index (χ3n) is 3.44. The summed E-state index contributed by atoms with van der Waals surface area (Å²) in [5, 5.41) is 5.87. The molecule has 1 aromatic carbocycles. The summed E-state index contributed by atoms with van der Waals surface area (Å²) in [4.78, 5) is 24.1. The van der Waals surface area contributed by atoms with Gasteiger partial charge in [0.25, 0.3) is 0 Å². The molecule has 1 heterocycles. The highest BCUT2D eigenvalue weighted by molar-refractivity contribution is 7.91. The molecule has 0 saturated carbocycles. The highest BCUT2D eigenvalue weighted by atomic mass is 35.5. The van der Waals surface area contributed by atoms with Crippen molar-refractivity contribution in [2.45, 2.75) is 10.1 Å². The minimum absolute atomic E-state index is 0.0886. The van der Waals surface area contributed by atoms with Crippen molar-refractivity contribution >= 4 is 44.6 Å². The molecule has 2 rings (SSSR count). The summed E-state index contributed by atoms with van der Waals surface area (Å²) in [6.07, 6.45) is 1.44. The molecule has 9 heteroatoms. The van der Waals surface area contributed by atoms with Crippen LogP contribution in [-0.2, 0) is 19.4 Å². The number of halogens is 1. The van der Waals surface area contributed by atoms with Crippen LogP contribution in [0.3, 0.4) is 0 Å². The van der Waals surface area contributed by atoms with Gasteiger partial charge in [0.1, 0.15) is 5.25 Å². The summed E-state index contributed by atoms with van der Waals surface area (Å²) in [5.74, 6) is -1.75. The van der Waals surface area contributed by atoms with Gasteiger partial charge in [-0.1, -0.05) is 23.7 Å². The monoisotopic (exact) mass is 412 g/mol. The summed E-state index contributed by atoms with van der Waals surface area (Å²) in [6.45, 7) is 3.35. The predicted molar refractivity (Wildman–Crippen MR) is 102 cm³/mol. The van der Waals surface area contributed by atoms with Crippen LogP contribution in [0.4, 0.5) is 0 Å². The first kappa shape index (κ1) is 20.2. The second kappa shape index (κ2) is 8.98. The van der Waals surface area contributed by atoms with Gasteiger partial charge in [-0.25, -0.2) is 8.42 Å². The first-order chi connectivity index (χ1) is 12.4. The Hall–Kier alpha value is -2.16. The predicted octanol–water partition coefficient (Wildman–Crippen LogP) is 2.33. The van der Waals surface area contributed by atoms with Gasteiger partial charge in [-0.15, -0.1) is 17.9 Å². The standard InChI is InChI=1S/C17H17ClN2O4S2/c1-2-9-19-16(21)17(22)20-11-15(14-4-3-10-25-14)26(23,24)13-7-5-12(18)6-8-13/h2-8,10,15H,1,9,11H2,(H,19,21)(H,20,22). The van der Waals surface area contributed by atoms with Crippen LogP contribution in [0.15, 0.2) is 59.3 Å². The van der Waals surface area contributed by atoms with Gasteiger partial charge in [-0.05, 0) is 35.7 Å². The summed E-state index contributed by atoms with van der Waals surface area (Å²) in [6, 6.07) is 9.20. The van der Waals surface area contributed by atoms with E-state index in [9.17, 15) is 18.0 Å². The quantitative estimate of drug-likeness (QED) is 0.539. The van der Waals surface area contributed by atoms with Crippen molar-refractivity contribution in [2.24, 2.45) is 0 Å². The van der Waals surface area contributed by atoms with Crippen LogP contribution in [0.5, 0.6) is 0 Å². The van der Waals surface area contributed by atoms with Crippen LogP contribution in [0.2, 0.25) is 5.02 Å². The highest BCUT2D eigenvalue weighted by Crippen LogP contribution is 2.31. The Morgan fingerprint density at radius 1 is 1.15 bits per heavy atom. The molecule has 138 valence electrons. The van der Waals surface area contributed by atoms with Crippen molar-refractivity contribution in [3.05, 3.63) is 64.3 Å². The largest absolute Gasteiger partial charge is 0.346 e. The van der Waals surface area contributed by atoms with Crippen LogP contribution < -0.4 is 10.6 Å². The highest BCUT2D eigenvalue weighted by Gasteiger charge is 2.31. The Morgan fingerprint density at radius 2 is 1.81 bits per heavy atom. The lowest BCUT2D eigenvalue weighted by Gasteiger charge is -2.17. The number of carbonyl (C=O) groups excluding carboxylic acids is 2. The normalized spacial score (nSPS) is 12.2. The molecule has 2 amide bonds. The van der Waals surface area contributed by atoms with Gasteiger partial charge in [0.15, 0.2) is 9.84 Å². The number of hydrogen-bond donors (Lipinski definition) is 2. The molecule has 6 nitrogen and oxygen atoms in total. The Kier molecular flexibility index (Phi) is 6.96. The van der Waals surface area contributed by atoms with Crippen LogP contribution in [0.1, 0.15) is 10.1 Å². The zero-order valence-electron chi connectivity index (χ0n) is 13.6. The minimum atomic E-state index is -3.79. The molecule has 0 fully saturated rings. The van der Waals surface area contributed by atoms with E-state index >= 15 is 0 Å². The number of hydrogen-bond acceptors (Lipinski definition) is 5. The van der Waals surface area contributed by atoms with Gasteiger partial charge in [0.2, 0.25) is 0 Å². The fourth-order valence-electron chi connectivity index (χ4n) is 2.14. The van der Waals surface area contributed by atoms with E-state index in [0.29, 0.717) is 9.90 Å². The molecule has 0 radical (unpaired) electrons. The van der Waals surface area contributed by atoms with E-state index in [0.717, 1.165) is 0 Å². The average molecular weight is 413 g/mol. The van der Waals surface area contributed by atoms with E-state index < -0.39 is 26.9 Å². The van der Waals surface area contributed by atoms with E-state index in [2.05, 4.69) is 17.2 Å². The molecule has 1 atom stereocenters. The maximum atomic E-state index is 13.0. The second-order valence-electron chi connectivity index (χ2n) is 5.21. The zero-order valence-corrected chi connectivity index (χ0v) is 16.0. The maximum absolute atomic E-state index is 13.0. The van der Waals surface area contributed by atoms with Gasteiger partial charge in [-0.3, -0.25) is 9.59 Å². The lowest BCUT2D eigenvalue weighted by molar-refractivity contribution is -0.139. The van der Waals surface area contributed by atoms with Gasteiger partial charge >= 0.3 is 11.8 Å². The number of benzene rings is 1. The number of nitrogens with one attached hydrogen (secondary N) is 2. The van der Waals surface area contributed by atoms with E-state index in [1.807, 2.05) is 0 Å². The molecule has 26 heavy (non-hydrogen) atoms. The smallest absolute Gasteiger partial charge is 0.309 e. The fourth-order valence-corrected chi connectivity index (χ4v) is 5.05. The van der Waals surface area contributed by atoms with E-state index in [1.54, 1.807) is 17.5 Å². The van der Waals surface area contributed by atoms with Crippen molar-refractivity contribution in [3.63, 3.8) is 0 Å². The van der Waals surface area contributed by atoms with Crippen LogP contribution in [-0.4, -0.2) is 33.3 Å². The molecule has 0 aliphatic rings. The number of amides is 2. The SMILES string of the molecule is C=CCNC(=O)C(=O)NCC(c1cccs1)S(=O)(=O)c1ccc(Cl)cc1. The zero-order chi connectivity index (χ0) is 19.2. The van der Waals surface area contributed by atoms with E-state index in [-0.39, 0.29) is 18.0 Å². The van der Waals surface area contributed by atoms with Crippen molar-refractivity contribution in [2.75, 3.05) is 13.1 Å². The third-order valence-corrected chi connectivity index (χ3v) is 6.92. The van der Waals surface area contributed by atoms with Gasteiger partial charge in [0.05, 0.1) is 4.90 Å². The summed E-state index contributed by atoms with van der Waals surface area (Å²) in [7, 11) is -3.79.